The predicted molar refractivity (Wildman–Crippen MR) is 91.7 cm³/mol. The van der Waals surface area contributed by atoms with E-state index >= 15 is 0 Å². The van der Waals surface area contributed by atoms with E-state index in [1.807, 2.05) is 13.8 Å². The van der Waals surface area contributed by atoms with E-state index in [1.54, 1.807) is 0 Å². The summed E-state index contributed by atoms with van der Waals surface area (Å²) < 4.78 is 41.2. The smallest absolute Gasteiger partial charge is 0.422 e. The molecule has 0 radical (unpaired) electrons. The van der Waals surface area contributed by atoms with Crippen LogP contribution in [0.5, 0.6) is 5.75 Å². The van der Waals surface area contributed by atoms with Crippen molar-refractivity contribution in [2.24, 2.45) is 5.73 Å². The number of alkyl halides is 3. The SMILES string of the molecule is CCC(N)(CC)CNC(=O)c1cc(OCC(F)(F)F)ccc1[N+](=O)[O-].Cl. The summed E-state index contributed by atoms with van der Waals surface area (Å²) in [7, 11) is 0. The van der Waals surface area contributed by atoms with Crippen molar-refractivity contribution in [2.75, 3.05) is 13.2 Å². The molecule has 0 bridgehead atoms. The van der Waals surface area contributed by atoms with Crippen molar-refractivity contribution in [1.29, 1.82) is 0 Å². The Kier molecular flexibility index (Phi) is 8.82. The molecular weight excluding hydrogens is 379 g/mol. The van der Waals surface area contributed by atoms with Crippen LogP contribution in [0.1, 0.15) is 37.0 Å². The highest BCUT2D eigenvalue weighted by molar-refractivity contribution is 5.98. The molecule has 26 heavy (non-hydrogen) atoms. The van der Waals surface area contributed by atoms with Crippen LogP contribution < -0.4 is 15.8 Å². The molecule has 0 aromatic heterocycles. The normalized spacial score (nSPS) is 11.5. The standard InChI is InChI=1S/C15H20F3N3O4.ClH/c1-3-14(19,4-2)8-20-13(22)11-7-10(25-9-15(16,17)18)5-6-12(11)21(23)24;/h5-7H,3-4,8-9,19H2,1-2H3,(H,20,22);1H. The maximum atomic E-state index is 12.3. The molecule has 1 aromatic carbocycles. The molecule has 0 unspecified atom stereocenters. The maximum Gasteiger partial charge on any atom is 0.422 e. The van der Waals surface area contributed by atoms with Gasteiger partial charge in [0.1, 0.15) is 11.3 Å². The number of nitrogens with zero attached hydrogens (tertiary/aromatic N) is 1. The predicted octanol–water partition coefficient (Wildman–Crippen LogP) is 3.21. The fourth-order valence-corrected chi connectivity index (χ4v) is 1.96. The lowest BCUT2D eigenvalue weighted by molar-refractivity contribution is -0.385. The number of rotatable bonds is 8. The molecule has 0 aliphatic heterocycles. The lowest BCUT2D eigenvalue weighted by Gasteiger charge is -2.26. The number of nitrogens with two attached hydrogens (primary N) is 1. The van der Waals surface area contributed by atoms with Gasteiger partial charge >= 0.3 is 6.18 Å². The number of halogens is 4. The van der Waals surface area contributed by atoms with Gasteiger partial charge in [-0.2, -0.15) is 13.2 Å². The number of nitrogens with one attached hydrogen (secondary N) is 1. The summed E-state index contributed by atoms with van der Waals surface area (Å²) >= 11 is 0. The molecular formula is C15H21ClF3N3O4. The molecule has 0 aliphatic rings. The number of hydrogen-bond acceptors (Lipinski definition) is 5. The molecule has 0 atom stereocenters. The van der Waals surface area contributed by atoms with Gasteiger partial charge < -0.3 is 15.8 Å². The summed E-state index contributed by atoms with van der Waals surface area (Å²) in [5.41, 5.74) is 4.45. The minimum atomic E-state index is -4.56. The monoisotopic (exact) mass is 399 g/mol. The Hall–Kier alpha value is -2.07. The summed E-state index contributed by atoms with van der Waals surface area (Å²) in [5.74, 6) is -1.10. The molecule has 148 valence electrons. The first-order valence-electron chi connectivity index (χ1n) is 7.56. The van der Waals surface area contributed by atoms with Crippen LogP contribution in [0.15, 0.2) is 18.2 Å². The molecule has 1 aromatic rings. The Bertz CT molecular complexity index is 637. The van der Waals surface area contributed by atoms with Crippen molar-refractivity contribution < 1.29 is 27.6 Å². The van der Waals surface area contributed by atoms with E-state index in [9.17, 15) is 28.1 Å². The van der Waals surface area contributed by atoms with Crippen LogP contribution in [-0.4, -0.2) is 35.7 Å². The summed E-state index contributed by atoms with van der Waals surface area (Å²) in [6, 6.07) is 2.84. The van der Waals surface area contributed by atoms with Gasteiger partial charge in [0, 0.05) is 18.2 Å². The highest BCUT2D eigenvalue weighted by Gasteiger charge is 2.29. The molecule has 0 heterocycles. The lowest BCUT2D eigenvalue weighted by Crippen LogP contribution is -2.49. The van der Waals surface area contributed by atoms with E-state index in [-0.39, 0.29) is 30.3 Å². The summed E-state index contributed by atoms with van der Waals surface area (Å²) in [6.07, 6.45) is -3.42. The minimum absolute atomic E-state index is 0. The van der Waals surface area contributed by atoms with E-state index in [2.05, 4.69) is 10.1 Å². The zero-order valence-electron chi connectivity index (χ0n) is 14.3. The van der Waals surface area contributed by atoms with E-state index in [0.29, 0.717) is 12.8 Å². The number of nitro benzene ring substituents is 1. The van der Waals surface area contributed by atoms with Gasteiger partial charge in [-0.05, 0) is 25.0 Å². The Balaban J connectivity index is 0.00000625. The van der Waals surface area contributed by atoms with E-state index in [1.165, 1.54) is 0 Å². The fraction of sp³-hybridized carbons (Fsp3) is 0.533. The average molecular weight is 400 g/mol. The van der Waals surface area contributed by atoms with Crippen molar-refractivity contribution >= 4 is 24.0 Å². The average Bonchev–Trinajstić information content (AvgIpc) is 2.56. The van der Waals surface area contributed by atoms with Gasteiger partial charge in [-0.1, -0.05) is 13.8 Å². The Morgan fingerprint density at radius 1 is 1.31 bits per heavy atom. The fourth-order valence-electron chi connectivity index (χ4n) is 1.96. The zero-order chi connectivity index (χ0) is 19.3. The zero-order valence-corrected chi connectivity index (χ0v) is 15.1. The molecule has 7 nitrogen and oxygen atoms in total. The van der Waals surface area contributed by atoms with Gasteiger partial charge in [0.25, 0.3) is 11.6 Å². The van der Waals surface area contributed by atoms with Crippen LogP contribution in [0.25, 0.3) is 0 Å². The second kappa shape index (κ2) is 9.58. The second-order valence-electron chi connectivity index (χ2n) is 5.59. The molecule has 0 saturated carbocycles. The number of amides is 1. The van der Waals surface area contributed by atoms with Gasteiger partial charge in [-0.25, -0.2) is 0 Å². The molecule has 1 amide bonds. The lowest BCUT2D eigenvalue weighted by atomic mass is 9.94. The molecule has 0 saturated heterocycles. The first-order chi connectivity index (χ1) is 11.5. The largest absolute Gasteiger partial charge is 0.484 e. The summed E-state index contributed by atoms with van der Waals surface area (Å²) in [6.45, 7) is 2.18. The third-order valence-corrected chi connectivity index (χ3v) is 3.82. The molecule has 0 spiro atoms. The number of carbonyl (C=O) groups is 1. The van der Waals surface area contributed by atoms with Crippen molar-refractivity contribution in [3.8, 4) is 5.75 Å². The van der Waals surface area contributed by atoms with E-state index < -0.39 is 34.8 Å². The Labute approximate surface area is 154 Å². The highest BCUT2D eigenvalue weighted by Crippen LogP contribution is 2.26. The van der Waals surface area contributed by atoms with Gasteiger partial charge in [-0.15, -0.1) is 12.4 Å². The van der Waals surface area contributed by atoms with Crippen molar-refractivity contribution in [2.45, 2.75) is 38.4 Å². The van der Waals surface area contributed by atoms with Crippen LogP contribution in [0, 0.1) is 10.1 Å². The molecule has 1 rings (SSSR count). The van der Waals surface area contributed by atoms with Crippen LogP contribution in [-0.2, 0) is 0 Å². The van der Waals surface area contributed by atoms with E-state index in [4.69, 9.17) is 5.73 Å². The first-order valence-corrected chi connectivity index (χ1v) is 7.56. The van der Waals surface area contributed by atoms with Crippen molar-refractivity contribution in [3.63, 3.8) is 0 Å². The third kappa shape index (κ3) is 7.04. The van der Waals surface area contributed by atoms with Gasteiger partial charge in [0.05, 0.1) is 4.92 Å². The second-order valence-corrected chi connectivity index (χ2v) is 5.59. The Morgan fingerprint density at radius 2 is 1.88 bits per heavy atom. The molecule has 3 N–H and O–H groups in total. The van der Waals surface area contributed by atoms with Crippen LogP contribution in [0.4, 0.5) is 18.9 Å². The number of ether oxygens (including phenoxy) is 1. The van der Waals surface area contributed by atoms with Gasteiger partial charge in [0.2, 0.25) is 0 Å². The van der Waals surface area contributed by atoms with Crippen molar-refractivity contribution in [3.05, 3.63) is 33.9 Å². The summed E-state index contributed by atoms with van der Waals surface area (Å²) in [5, 5.41) is 13.5. The number of carbonyl (C=O) groups excluding carboxylic acids is 1. The van der Waals surface area contributed by atoms with Crippen molar-refractivity contribution in [1.82, 2.24) is 5.32 Å². The van der Waals surface area contributed by atoms with Gasteiger partial charge in [-0.3, -0.25) is 14.9 Å². The molecule has 0 aliphatic carbocycles. The molecule has 0 fully saturated rings. The maximum absolute atomic E-state index is 12.3. The van der Waals surface area contributed by atoms with Crippen LogP contribution in [0.2, 0.25) is 0 Å². The van der Waals surface area contributed by atoms with E-state index in [0.717, 1.165) is 18.2 Å². The third-order valence-electron chi connectivity index (χ3n) is 3.82. The number of hydrogen-bond donors (Lipinski definition) is 2. The number of benzene rings is 1. The van der Waals surface area contributed by atoms with Gasteiger partial charge in [0.15, 0.2) is 6.61 Å². The Morgan fingerprint density at radius 3 is 2.35 bits per heavy atom. The van der Waals surface area contributed by atoms with Crippen LogP contribution >= 0.6 is 12.4 Å². The highest BCUT2D eigenvalue weighted by atomic mass is 35.5. The summed E-state index contributed by atoms with van der Waals surface area (Å²) in [4.78, 5) is 22.5. The topological polar surface area (TPSA) is 107 Å². The molecule has 11 heteroatoms. The first kappa shape index (κ1) is 23.9. The number of nitro groups is 1. The quantitative estimate of drug-likeness (QED) is 0.515. The van der Waals surface area contributed by atoms with Crippen LogP contribution in [0.3, 0.4) is 0 Å². The minimum Gasteiger partial charge on any atom is -0.484 e.